The number of rotatable bonds is 5. The number of likely N-dealkylation sites (tertiary alicyclic amines) is 1. The number of piperidine rings is 1. The smallest absolute Gasteiger partial charge is 0.307 e. The summed E-state index contributed by atoms with van der Waals surface area (Å²) < 4.78 is 1.94. The summed E-state index contributed by atoms with van der Waals surface area (Å²) in [6, 6.07) is 10.2. The molecular weight excluding hydrogens is 290 g/mol. The fourth-order valence-electron chi connectivity index (χ4n) is 3.37. The van der Waals surface area contributed by atoms with Crippen molar-refractivity contribution in [2.45, 2.75) is 26.4 Å². The van der Waals surface area contributed by atoms with Gasteiger partial charge in [0.1, 0.15) is 0 Å². The van der Waals surface area contributed by atoms with Gasteiger partial charge in [-0.05, 0) is 17.9 Å². The minimum absolute atomic E-state index is 0.252. The molecule has 2 atom stereocenters. The van der Waals surface area contributed by atoms with Gasteiger partial charge < -0.3 is 5.11 Å². The van der Waals surface area contributed by atoms with Gasteiger partial charge in [0.2, 0.25) is 0 Å². The zero-order valence-electron chi connectivity index (χ0n) is 13.4. The van der Waals surface area contributed by atoms with Crippen LogP contribution in [0.15, 0.2) is 42.7 Å². The Morgan fingerprint density at radius 2 is 2.00 bits per heavy atom. The first-order valence-corrected chi connectivity index (χ1v) is 8.10. The van der Waals surface area contributed by atoms with Crippen molar-refractivity contribution in [3.8, 4) is 0 Å². The Balaban J connectivity index is 1.61. The van der Waals surface area contributed by atoms with E-state index in [-0.39, 0.29) is 5.92 Å². The number of carbonyl (C=O) groups is 1. The summed E-state index contributed by atoms with van der Waals surface area (Å²) in [5.74, 6) is -0.511. The van der Waals surface area contributed by atoms with Crippen LogP contribution in [0.25, 0.3) is 0 Å². The van der Waals surface area contributed by atoms with Crippen LogP contribution in [0.5, 0.6) is 0 Å². The van der Waals surface area contributed by atoms with Gasteiger partial charge in [0, 0.05) is 31.4 Å². The number of nitrogens with zero attached hydrogens (tertiary/aromatic N) is 3. The van der Waals surface area contributed by atoms with Gasteiger partial charge in [-0.1, -0.05) is 37.3 Å². The molecule has 0 radical (unpaired) electrons. The zero-order valence-corrected chi connectivity index (χ0v) is 13.4. The maximum atomic E-state index is 11.3. The fraction of sp³-hybridized carbons (Fsp3) is 0.444. The van der Waals surface area contributed by atoms with Crippen LogP contribution >= 0.6 is 0 Å². The third-order valence-corrected chi connectivity index (χ3v) is 4.36. The molecule has 1 aliphatic rings. The summed E-state index contributed by atoms with van der Waals surface area (Å²) in [5, 5.41) is 13.7. The summed E-state index contributed by atoms with van der Waals surface area (Å²) in [6.07, 6.45) is 4.72. The van der Waals surface area contributed by atoms with Crippen molar-refractivity contribution in [1.29, 1.82) is 0 Å². The SMILES string of the molecule is CC1CC(C(=O)O)CN(Cc2cnn(Cc3ccccc3)c2)C1. The van der Waals surface area contributed by atoms with E-state index in [2.05, 4.69) is 35.3 Å². The Morgan fingerprint density at radius 3 is 2.74 bits per heavy atom. The Hall–Kier alpha value is -2.14. The second-order valence-electron chi connectivity index (χ2n) is 6.60. The molecule has 2 aromatic rings. The molecule has 122 valence electrons. The number of hydrogen-bond acceptors (Lipinski definition) is 3. The molecule has 5 nitrogen and oxygen atoms in total. The normalized spacial score (nSPS) is 22.1. The molecule has 0 aliphatic carbocycles. The molecule has 1 N–H and O–H groups in total. The Morgan fingerprint density at radius 1 is 1.22 bits per heavy atom. The summed E-state index contributed by atoms with van der Waals surface area (Å²) in [6.45, 7) is 5.23. The van der Waals surface area contributed by atoms with Crippen LogP contribution in [0, 0.1) is 11.8 Å². The number of benzene rings is 1. The van der Waals surface area contributed by atoms with E-state index in [1.807, 2.05) is 29.1 Å². The lowest BCUT2D eigenvalue weighted by molar-refractivity contribution is -0.144. The zero-order chi connectivity index (χ0) is 16.2. The van der Waals surface area contributed by atoms with Crippen molar-refractivity contribution in [2.75, 3.05) is 13.1 Å². The summed E-state index contributed by atoms with van der Waals surface area (Å²) in [4.78, 5) is 13.5. The lowest BCUT2D eigenvalue weighted by Crippen LogP contribution is -2.41. The Kier molecular flexibility index (Phi) is 4.76. The second kappa shape index (κ2) is 6.96. The molecule has 5 heteroatoms. The third kappa shape index (κ3) is 4.20. The number of carboxylic acid groups (broad SMARTS) is 1. The standard InChI is InChI=1S/C18H23N3O2/c1-14-7-17(18(22)23)13-20(9-14)10-16-8-19-21(12-16)11-15-5-3-2-4-6-15/h2-6,8,12,14,17H,7,9-11,13H2,1H3,(H,22,23). The lowest BCUT2D eigenvalue weighted by Gasteiger charge is -2.34. The van der Waals surface area contributed by atoms with Crippen LogP contribution in [0.1, 0.15) is 24.5 Å². The quantitative estimate of drug-likeness (QED) is 0.921. The topological polar surface area (TPSA) is 58.4 Å². The highest BCUT2D eigenvalue weighted by Gasteiger charge is 2.29. The van der Waals surface area contributed by atoms with E-state index in [9.17, 15) is 9.90 Å². The van der Waals surface area contributed by atoms with Gasteiger partial charge >= 0.3 is 5.97 Å². The average Bonchev–Trinajstić information content (AvgIpc) is 2.94. The first-order chi connectivity index (χ1) is 11.1. The minimum Gasteiger partial charge on any atom is -0.481 e. The van der Waals surface area contributed by atoms with E-state index in [1.165, 1.54) is 5.56 Å². The van der Waals surface area contributed by atoms with E-state index in [1.54, 1.807) is 0 Å². The van der Waals surface area contributed by atoms with E-state index in [0.717, 1.165) is 31.6 Å². The van der Waals surface area contributed by atoms with Gasteiger partial charge in [0.05, 0.1) is 18.7 Å². The molecule has 1 aromatic heterocycles. The molecule has 2 heterocycles. The number of aliphatic carboxylic acids is 1. The van der Waals surface area contributed by atoms with Crippen molar-refractivity contribution in [3.63, 3.8) is 0 Å². The number of aromatic nitrogens is 2. The molecule has 0 saturated carbocycles. The van der Waals surface area contributed by atoms with Crippen molar-refractivity contribution >= 4 is 5.97 Å². The predicted molar refractivity (Wildman–Crippen MR) is 88.0 cm³/mol. The van der Waals surface area contributed by atoms with Crippen LogP contribution in [0.3, 0.4) is 0 Å². The van der Waals surface area contributed by atoms with Gasteiger partial charge in [-0.3, -0.25) is 14.4 Å². The number of hydrogen-bond donors (Lipinski definition) is 1. The summed E-state index contributed by atoms with van der Waals surface area (Å²) in [7, 11) is 0. The lowest BCUT2D eigenvalue weighted by atomic mass is 9.90. The van der Waals surface area contributed by atoms with E-state index in [4.69, 9.17) is 0 Å². The monoisotopic (exact) mass is 313 g/mol. The highest BCUT2D eigenvalue weighted by molar-refractivity contribution is 5.70. The van der Waals surface area contributed by atoms with Crippen molar-refractivity contribution in [3.05, 3.63) is 53.9 Å². The molecule has 23 heavy (non-hydrogen) atoms. The van der Waals surface area contributed by atoms with Gasteiger partial charge in [-0.2, -0.15) is 5.10 Å². The van der Waals surface area contributed by atoms with E-state index >= 15 is 0 Å². The maximum Gasteiger partial charge on any atom is 0.307 e. The predicted octanol–water partition coefficient (Wildman–Crippen LogP) is 2.47. The third-order valence-electron chi connectivity index (χ3n) is 4.36. The van der Waals surface area contributed by atoms with Gasteiger partial charge in [-0.25, -0.2) is 0 Å². The van der Waals surface area contributed by atoms with Crippen LogP contribution in [0.2, 0.25) is 0 Å². The first-order valence-electron chi connectivity index (χ1n) is 8.10. The molecule has 0 spiro atoms. The Bertz CT molecular complexity index is 653. The first kappa shape index (κ1) is 15.7. The fourth-order valence-corrected chi connectivity index (χ4v) is 3.37. The molecule has 2 unspecified atom stereocenters. The van der Waals surface area contributed by atoms with Crippen molar-refractivity contribution < 1.29 is 9.90 Å². The van der Waals surface area contributed by atoms with Gasteiger partial charge in [0.15, 0.2) is 0 Å². The number of carboxylic acids is 1. The second-order valence-corrected chi connectivity index (χ2v) is 6.60. The van der Waals surface area contributed by atoms with E-state index < -0.39 is 5.97 Å². The van der Waals surface area contributed by atoms with Crippen LogP contribution in [-0.2, 0) is 17.9 Å². The highest BCUT2D eigenvalue weighted by Crippen LogP contribution is 2.23. The van der Waals surface area contributed by atoms with Crippen LogP contribution < -0.4 is 0 Å². The molecule has 1 aliphatic heterocycles. The maximum absolute atomic E-state index is 11.3. The van der Waals surface area contributed by atoms with Gasteiger partial charge in [-0.15, -0.1) is 0 Å². The molecule has 0 amide bonds. The van der Waals surface area contributed by atoms with Gasteiger partial charge in [0.25, 0.3) is 0 Å². The van der Waals surface area contributed by atoms with Crippen molar-refractivity contribution in [1.82, 2.24) is 14.7 Å². The summed E-state index contributed by atoms with van der Waals surface area (Å²) in [5.41, 5.74) is 2.36. The molecular formula is C18H23N3O2. The van der Waals surface area contributed by atoms with Crippen LogP contribution in [0.4, 0.5) is 0 Å². The molecule has 1 aromatic carbocycles. The molecule has 1 fully saturated rings. The molecule has 0 bridgehead atoms. The molecule has 3 rings (SSSR count). The molecule has 1 saturated heterocycles. The minimum atomic E-state index is -0.679. The Labute approximate surface area is 136 Å². The highest BCUT2D eigenvalue weighted by atomic mass is 16.4. The largest absolute Gasteiger partial charge is 0.481 e. The van der Waals surface area contributed by atoms with E-state index in [0.29, 0.717) is 12.5 Å². The van der Waals surface area contributed by atoms with Crippen molar-refractivity contribution in [2.24, 2.45) is 11.8 Å². The average molecular weight is 313 g/mol. The summed E-state index contributed by atoms with van der Waals surface area (Å²) >= 11 is 0. The van der Waals surface area contributed by atoms with Crippen LogP contribution in [-0.4, -0.2) is 38.8 Å².